The molecule has 1 amide bonds. The van der Waals surface area contributed by atoms with Crippen molar-refractivity contribution < 1.29 is 4.79 Å². The summed E-state index contributed by atoms with van der Waals surface area (Å²) >= 11 is 1.97. The SMILES string of the molecule is C=CC(=O)NCCSC(CCC)(CCC)c1ccccc1. The van der Waals surface area contributed by atoms with Crippen LogP contribution in [0, 0.1) is 0 Å². The molecule has 3 heteroatoms. The Bertz CT molecular complexity index is 424. The molecule has 0 atom stereocenters. The average Bonchev–Trinajstić information content (AvgIpc) is 2.52. The molecule has 1 aromatic rings. The number of hydrogen-bond acceptors (Lipinski definition) is 2. The first-order chi connectivity index (χ1) is 10.2. The molecule has 1 rings (SSSR count). The van der Waals surface area contributed by atoms with Crippen LogP contribution in [-0.4, -0.2) is 18.2 Å². The first-order valence-electron chi connectivity index (χ1n) is 7.78. The Morgan fingerprint density at radius 3 is 2.38 bits per heavy atom. The largest absolute Gasteiger partial charge is 0.352 e. The Morgan fingerprint density at radius 2 is 1.86 bits per heavy atom. The third-order valence-corrected chi connectivity index (χ3v) is 5.18. The first kappa shape index (κ1) is 17.8. The quantitative estimate of drug-likeness (QED) is 0.509. The van der Waals surface area contributed by atoms with Gasteiger partial charge in [-0.25, -0.2) is 0 Å². The molecular formula is C18H27NOS. The molecule has 21 heavy (non-hydrogen) atoms. The second-order valence-corrected chi connectivity index (χ2v) is 6.68. The van der Waals surface area contributed by atoms with Crippen molar-refractivity contribution in [2.75, 3.05) is 12.3 Å². The van der Waals surface area contributed by atoms with Gasteiger partial charge in [0.25, 0.3) is 0 Å². The van der Waals surface area contributed by atoms with Crippen LogP contribution in [0.25, 0.3) is 0 Å². The lowest BCUT2D eigenvalue weighted by molar-refractivity contribution is -0.116. The molecule has 0 aromatic heterocycles. The van der Waals surface area contributed by atoms with E-state index in [-0.39, 0.29) is 10.7 Å². The minimum atomic E-state index is -0.0908. The summed E-state index contributed by atoms with van der Waals surface area (Å²) in [5, 5.41) is 2.86. The lowest BCUT2D eigenvalue weighted by Crippen LogP contribution is -2.27. The van der Waals surface area contributed by atoms with E-state index >= 15 is 0 Å². The summed E-state index contributed by atoms with van der Waals surface area (Å²) in [6, 6.07) is 10.8. The highest BCUT2D eigenvalue weighted by atomic mass is 32.2. The van der Waals surface area contributed by atoms with Gasteiger partial charge in [-0.3, -0.25) is 4.79 Å². The van der Waals surface area contributed by atoms with Crippen molar-refractivity contribution >= 4 is 17.7 Å². The highest BCUT2D eigenvalue weighted by Crippen LogP contribution is 2.44. The van der Waals surface area contributed by atoms with Crippen molar-refractivity contribution in [1.82, 2.24) is 5.32 Å². The van der Waals surface area contributed by atoms with Crippen LogP contribution in [0.2, 0.25) is 0 Å². The fourth-order valence-corrected chi connectivity index (χ4v) is 4.28. The van der Waals surface area contributed by atoms with Crippen LogP contribution in [0.4, 0.5) is 0 Å². The molecule has 0 saturated heterocycles. The van der Waals surface area contributed by atoms with E-state index < -0.39 is 0 Å². The van der Waals surface area contributed by atoms with Crippen LogP contribution in [0.5, 0.6) is 0 Å². The topological polar surface area (TPSA) is 29.1 Å². The number of hydrogen-bond donors (Lipinski definition) is 1. The van der Waals surface area contributed by atoms with Crippen LogP contribution in [-0.2, 0) is 9.54 Å². The zero-order chi connectivity index (χ0) is 15.6. The first-order valence-corrected chi connectivity index (χ1v) is 8.77. The van der Waals surface area contributed by atoms with Crippen molar-refractivity contribution in [2.24, 2.45) is 0 Å². The normalized spacial score (nSPS) is 11.1. The van der Waals surface area contributed by atoms with E-state index in [2.05, 4.69) is 56.1 Å². The summed E-state index contributed by atoms with van der Waals surface area (Å²) in [6.45, 7) is 8.65. The van der Waals surface area contributed by atoms with Crippen molar-refractivity contribution in [2.45, 2.75) is 44.3 Å². The highest BCUT2D eigenvalue weighted by molar-refractivity contribution is 8.00. The molecule has 0 aliphatic heterocycles. The Morgan fingerprint density at radius 1 is 1.24 bits per heavy atom. The lowest BCUT2D eigenvalue weighted by Gasteiger charge is -2.34. The maximum absolute atomic E-state index is 11.2. The minimum absolute atomic E-state index is 0.0908. The molecule has 0 heterocycles. The second kappa shape index (κ2) is 9.67. The van der Waals surface area contributed by atoms with E-state index in [1.807, 2.05) is 11.8 Å². The summed E-state index contributed by atoms with van der Waals surface area (Å²) < 4.78 is 0.170. The summed E-state index contributed by atoms with van der Waals surface area (Å²) in [4.78, 5) is 11.2. The van der Waals surface area contributed by atoms with Gasteiger partial charge in [0.2, 0.25) is 5.91 Å². The molecule has 0 radical (unpaired) electrons. The number of nitrogens with one attached hydrogen (secondary N) is 1. The third kappa shape index (κ3) is 5.58. The van der Waals surface area contributed by atoms with Crippen molar-refractivity contribution in [3.8, 4) is 0 Å². The van der Waals surface area contributed by atoms with Gasteiger partial charge in [-0.1, -0.05) is 63.6 Å². The number of amides is 1. The highest BCUT2D eigenvalue weighted by Gasteiger charge is 2.30. The summed E-state index contributed by atoms with van der Waals surface area (Å²) in [5.74, 6) is 0.834. The number of thioether (sulfide) groups is 1. The summed E-state index contributed by atoms with van der Waals surface area (Å²) in [7, 11) is 0. The lowest BCUT2D eigenvalue weighted by atomic mass is 9.89. The average molecular weight is 305 g/mol. The standard InChI is InChI=1S/C18H27NOS/c1-4-12-18(13-5-2,16-10-8-7-9-11-16)21-15-14-19-17(20)6-3/h6-11H,3-5,12-15H2,1-2H3,(H,19,20). The monoisotopic (exact) mass is 305 g/mol. The number of carbonyl (C=O) groups is 1. The maximum atomic E-state index is 11.2. The predicted molar refractivity (Wildman–Crippen MR) is 93.6 cm³/mol. The van der Waals surface area contributed by atoms with Gasteiger partial charge in [0.15, 0.2) is 0 Å². The van der Waals surface area contributed by atoms with E-state index in [1.165, 1.54) is 37.3 Å². The third-order valence-electron chi connectivity index (χ3n) is 3.57. The number of benzene rings is 1. The van der Waals surface area contributed by atoms with Crippen LogP contribution < -0.4 is 5.32 Å². The van der Waals surface area contributed by atoms with Crippen LogP contribution >= 0.6 is 11.8 Å². The minimum Gasteiger partial charge on any atom is -0.352 e. The molecule has 1 aromatic carbocycles. The van der Waals surface area contributed by atoms with Crippen LogP contribution in [0.3, 0.4) is 0 Å². The number of rotatable bonds is 10. The van der Waals surface area contributed by atoms with E-state index in [4.69, 9.17) is 0 Å². The molecule has 1 N–H and O–H groups in total. The van der Waals surface area contributed by atoms with Gasteiger partial charge in [0.05, 0.1) is 0 Å². The molecule has 116 valence electrons. The Hall–Kier alpha value is -1.22. The van der Waals surface area contributed by atoms with Crippen LogP contribution in [0.15, 0.2) is 43.0 Å². The smallest absolute Gasteiger partial charge is 0.243 e. The maximum Gasteiger partial charge on any atom is 0.243 e. The van der Waals surface area contributed by atoms with Gasteiger partial charge in [-0.15, -0.1) is 11.8 Å². The molecule has 0 aliphatic rings. The van der Waals surface area contributed by atoms with E-state index in [1.54, 1.807) is 0 Å². The predicted octanol–water partition coefficient (Wildman–Crippen LogP) is 4.52. The Labute approximate surface area is 133 Å². The zero-order valence-electron chi connectivity index (χ0n) is 13.2. The second-order valence-electron chi connectivity index (χ2n) is 5.20. The molecule has 0 unspecified atom stereocenters. The molecule has 0 bridgehead atoms. The fourth-order valence-electron chi connectivity index (χ4n) is 2.68. The Kier molecular flexibility index (Phi) is 8.21. The van der Waals surface area contributed by atoms with E-state index in [0.717, 1.165) is 5.75 Å². The van der Waals surface area contributed by atoms with Gasteiger partial charge >= 0.3 is 0 Å². The fraction of sp³-hybridized carbons (Fsp3) is 0.500. The van der Waals surface area contributed by atoms with Crippen molar-refractivity contribution in [1.29, 1.82) is 0 Å². The summed E-state index contributed by atoms with van der Waals surface area (Å²) in [5.41, 5.74) is 1.41. The molecule has 0 spiro atoms. The van der Waals surface area contributed by atoms with Gasteiger partial charge in [-0.05, 0) is 24.5 Å². The molecule has 0 saturated carbocycles. The zero-order valence-corrected chi connectivity index (χ0v) is 14.0. The number of carbonyl (C=O) groups excluding carboxylic acids is 1. The van der Waals surface area contributed by atoms with Gasteiger partial charge in [-0.2, -0.15) is 0 Å². The Balaban J connectivity index is 2.76. The van der Waals surface area contributed by atoms with Crippen molar-refractivity contribution in [3.63, 3.8) is 0 Å². The molecular weight excluding hydrogens is 278 g/mol. The van der Waals surface area contributed by atoms with Crippen molar-refractivity contribution in [3.05, 3.63) is 48.6 Å². The molecule has 0 fully saturated rings. The van der Waals surface area contributed by atoms with Gasteiger partial charge < -0.3 is 5.32 Å². The van der Waals surface area contributed by atoms with Gasteiger partial charge in [0.1, 0.15) is 0 Å². The van der Waals surface area contributed by atoms with E-state index in [9.17, 15) is 4.79 Å². The van der Waals surface area contributed by atoms with E-state index in [0.29, 0.717) is 6.54 Å². The van der Waals surface area contributed by atoms with Gasteiger partial charge in [0, 0.05) is 17.0 Å². The molecule has 2 nitrogen and oxygen atoms in total. The van der Waals surface area contributed by atoms with Crippen LogP contribution in [0.1, 0.15) is 45.1 Å². The molecule has 0 aliphatic carbocycles. The summed E-state index contributed by atoms with van der Waals surface area (Å²) in [6.07, 6.45) is 6.00.